The van der Waals surface area contributed by atoms with E-state index in [1.54, 1.807) is 0 Å². The van der Waals surface area contributed by atoms with Crippen molar-refractivity contribution in [3.05, 3.63) is 35.0 Å². The fourth-order valence-corrected chi connectivity index (χ4v) is 2.13. The fraction of sp³-hybridized carbons (Fsp3) is 0.357. The third kappa shape index (κ3) is 3.28. The van der Waals surface area contributed by atoms with Crippen LogP contribution in [0.25, 0.3) is 10.9 Å². The van der Waals surface area contributed by atoms with Crippen molar-refractivity contribution in [2.75, 3.05) is 13.1 Å². The molecule has 19 heavy (non-hydrogen) atoms. The number of rotatable bonds is 5. The summed E-state index contributed by atoms with van der Waals surface area (Å²) in [5, 5.41) is 4.71. The second-order valence-electron chi connectivity index (χ2n) is 4.68. The molecule has 0 saturated carbocycles. The maximum Gasteiger partial charge on any atom is 0.224 e. The molecule has 0 spiro atoms. The van der Waals surface area contributed by atoms with Crippen LogP contribution >= 0.6 is 11.6 Å². The summed E-state index contributed by atoms with van der Waals surface area (Å²) >= 11 is 5.99. The summed E-state index contributed by atoms with van der Waals surface area (Å²) in [6, 6.07) is 5.75. The molecule has 0 fully saturated rings. The quantitative estimate of drug-likeness (QED) is 0.784. The van der Waals surface area contributed by atoms with Crippen LogP contribution in [-0.4, -0.2) is 24.0 Å². The third-order valence-corrected chi connectivity index (χ3v) is 3.46. The summed E-state index contributed by atoms with van der Waals surface area (Å²) in [6.45, 7) is 2.79. The minimum absolute atomic E-state index is 0.000346. The predicted octanol–water partition coefficient (Wildman–Crippen LogP) is 2.07. The number of hydrogen-bond donors (Lipinski definition) is 3. The van der Waals surface area contributed by atoms with Crippen LogP contribution in [0.2, 0.25) is 5.02 Å². The number of nitrogens with one attached hydrogen (secondary N) is 2. The van der Waals surface area contributed by atoms with Crippen LogP contribution in [0.1, 0.15) is 12.5 Å². The minimum Gasteiger partial charge on any atom is -0.361 e. The molecule has 102 valence electrons. The second kappa shape index (κ2) is 6.08. The van der Waals surface area contributed by atoms with Gasteiger partial charge in [0.2, 0.25) is 5.91 Å². The van der Waals surface area contributed by atoms with Gasteiger partial charge in [-0.05, 0) is 30.2 Å². The molecule has 1 unspecified atom stereocenters. The van der Waals surface area contributed by atoms with E-state index in [-0.39, 0.29) is 11.8 Å². The smallest absolute Gasteiger partial charge is 0.224 e. The van der Waals surface area contributed by atoms with Gasteiger partial charge in [0.05, 0.1) is 0 Å². The normalized spacial score (nSPS) is 12.6. The van der Waals surface area contributed by atoms with Gasteiger partial charge in [-0.2, -0.15) is 0 Å². The molecule has 0 radical (unpaired) electrons. The number of benzene rings is 1. The lowest BCUT2D eigenvalue weighted by Gasteiger charge is -2.09. The highest BCUT2D eigenvalue weighted by atomic mass is 35.5. The Labute approximate surface area is 117 Å². The van der Waals surface area contributed by atoms with E-state index < -0.39 is 0 Å². The van der Waals surface area contributed by atoms with Gasteiger partial charge in [-0.3, -0.25) is 4.79 Å². The molecule has 1 atom stereocenters. The first-order valence-corrected chi connectivity index (χ1v) is 6.73. The first-order chi connectivity index (χ1) is 9.11. The van der Waals surface area contributed by atoms with E-state index in [9.17, 15) is 4.79 Å². The van der Waals surface area contributed by atoms with Crippen LogP contribution in [0.4, 0.5) is 0 Å². The molecule has 2 aromatic rings. The van der Waals surface area contributed by atoms with Gasteiger partial charge in [0.1, 0.15) is 0 Å². The van der Waals surface area contributed by atoms with E-state index in [2.05, 4.69) is 10.3 Å². The molecule has 2 rings (SSSR count). The standard InChI is InChI=1S/C14H18ClN3O/c1-9(7-16)14(19)17-5-4-10-8-18-13-3-2-11(15)6-12(10)13/h2-3,6,8-9,18H,4-5,7,16H2,1H3,(H,17,19). The maximum absolute atomic E-state index is 11.6. The molecular formula is C14H18ClN3O. The summed E-state index contributed by atoms with van der Waals surface area (Å²) in [4.78, 5) is 14.8. The van der Waals surface area contributed by atoms with E-state index in [1.807, 2.05) is 31.3 Å². The number of carbonyl (C=O) groups excluding carboxylic acids is 1. The van der Waals surface area contributed by atoms with E-state index >= 15 is 0 Å². The summed E-state index contributed by atoms with van der Waals surface area (Å²) in [6.07, 6.45) is 2.73. The van der Waals surface area contributed by atoms with Gasteiger partial charge in [-0.1, -0.05) is 18.5 Å². The molecule has 1 aromatic heterocycles. The van der Waals surface area contributed by atoms with Crippen LogP contribution < -0.4 is 11.1 Å². The van der Waals surface area contributed by atoms with Crippen molar-refractivity contribution in [3.8, 4) is 0 Å². The van der Waals surface area contributed by atoms with E-state index in [4.69, 9.17) is 17.3 Å². The molecule has 4 N–H and O–H groups in total. The molecular weight excluding hydrogens is 262 g/mol. The number of nitrogens with two attached hydrogens (primary N) is 1. The topological polar surface area (TPSA) is 70.9 Å². The Morgan fingerprint density at radius 1 is 1.53 bits per heavy atom. The van der Waals surface area contributed by atoms with Crippen molar-refractivity contribution >= 4 is 28.4 Å². The highest BCUT2D eigenvalue weighted by molar-refractivity contribution is 6.31. The van der Waals surface area contributed by atoms with Gasteiger partial charge in [0, 0.05) is 41.1 Å². The number of hydrogen-bond acceptors (Lipinski definition) is 2. The van der Waals surface area contributed by atoms with Gasteiger partial charge in [-0.25, -0.2) is 0 Å². The maximum atomic E-state index is 11.6. The lowest BCUT2D eigenvalue weighted by molar-refractivity contribution is -0.124. The number of fused-ring (bicyclic) bond motifs is 1. The number of amides is 1. The highest BCUT2D eigenvalue weighted by Gasteiger charge is 2.10. The van der Waals surface area contributed by atoms with E-state index in [0.717, 1.165) is 22.9 Å². The Bertz CT molecular complexity index is 579. The Morgan fingerprint density at radius 2 is 2.32 bits per heavy atom. The van der Waals surface area contributed by atoms with Gasteiger partial charge in [0.25, 0.3) is 0 Å². The molecule has 0 aliphatic heterocycles. The summed E-state index contributed by atoms with van der Waals surface area (Å²) in [7, 11) is 0. The van der Waals surface area contributed by atoms with Crippen molar-refractivity contribution in [2.45, 2.75) is 13.3 Å². The average molecular weight is 280 g/mol. The minimum atomic E-state index is -0.141. The van der Waals surface area contributed by atoms with Crippen LogP contribution in [0, 0.1) is 5.92 Å². The summed E-state index contributed by atoms with van der Waals surface area (Å²) in [5.74, 6) is -0.141. The van der Waals surface area contributed by atoms with Crippen molar-refractivity contribution in [2.24, 2.45) is 11.7 Å². The molecule has 1 heterocycles. The Morgan fingerprint density at radius 3 is 3.05 bits per heavy atom. The number of H-pyrrole nitrogens is 1. The lowest BCUT2D eigenvalue weighted by atomic mass is 10.1. The number of carbonyl (C=O) groups is 1. The van der Waals surface area contributed by atoms with Gasteiger partial charge in [-0.15, -0.1) is 0 Å². The van der Waals surface area contributed by atoms with Crippen molar-refractivity contribution in [1.29, 1.82) is 0 Å². The zero-order valence-corrected chi connectivity index (χ0v) is 11.6. The van der Waals surface area contributed by atoms with E-state index in [1.165, 1.54) is 0 Å². The first-order valence-electron chi connectivity index (χ1n) is 6.35. The van der Waals surface area contributed by atoms with E-state index in [0.29, 0.717) is 18.1 Å². The first kappa shape index (κ1) is 13.9. The fourth-order valence-electron chi connectivity index (χ4n) is 1.96. The van der Waals surface area contributed by atoms with Crippen LogP contribution in [0.5, 0.6) is 0 Å². The zero-order valence-electron chi connectivity index (χ0n) is 10.9. The highest BCUT2D eigenvalue weighted by Crippen LogP contribution is 2.22. The Balaban J connectivity index is 1.98. The lowest BCUT2D eigenvalue weighted by Crippen LogP contribution is -2.34. The van der Waals surface area contributed by atoms with Crippen molar-refractivity contribution in [1.82, 2.24) is 10.3 Å². The van der Waals surface area contributed by atoms with Crippen LogP contribution in [-0.2, 0) is 11.2 Å². The largest absolute Gasteiger partial charge is 0.361 e. The number of aromatic nitrogens is 1. The molecule has 4 nitrogen and oxygen atoms in total. The molecule has 5 heteroatoms. The third-order valence-electron chi connectivity index (χ3n) is 3.22. The van der Waals surface area contributed by atoms with Gasteiger partial charge in [0.15, 0.2) is 0 Å². The molecule has 0 aliphatic rings. The predicted molar refractivity (Wildman–Crippen MR) is 78.2 cm³/mol. The average Bonchev–Trinajstić information content (AvgIpc) is 2.80. The molecule has 0 bridgehead atoms. The Kier molecular flexibility index (Phi) is 4.45. The molecule has 0 aliphatic carbocycles. The second-order valence-corrected chi connectivity index (χ2v) is 5.12. The van der Waals surface area contributed by atoms with Crippen LogP contribution in [0.3, 0.4) is 0 Å². The van der Waals surface area contributed by atoms with Gasteiger partial charge < -0.3 is 16.0 Å². The summed E-state index contributed by atoms with van der Waals surface area (Å²) in [5.41, 5.74) is 7.66. The van der Waals surface area contributed by atoms with Crippen molar-refractivity contribution in [3.63, 3.8) is 0 Å². The molecule has 1 aromatic carbocycles. The number of aromatic amines is 1. The zero-order chi connectivity index (χ0) is 13.8. The van der Waals surface area contributed by atoms with Gasteiger partial charge >= 0.3 is 0 Å². The SMILES string of the molecule is CC(CN)C(=O)NCCc1c[nH]c2ccc(Cl)cc12. The summed E-state index contributed by atoms with van der Waals surface area (Å²) < 4.78 is 0. The van der Waals surface area contributed by atoms with Crippen LogP contribution in [0.15, 0.2) is 24.4 Å². The molecule has 1 amide bonds. The Hall–Kier alpha value is -1.52. The monoisotopic (exact) mass is 279 g/mol. The number of halogens is 1. The molecule has 0 saturated heterocycles. The van der Waals surface area contributed by atoms with Crippen molar-refractivity contribution < 1.29 is 4.79 Å².